The lowest BCUT2D eigenvalue weighted by Crippen LogP contribution is -2.17. The Bertz CT molecular complexity index is 621. The van der Waals surface area contributed by atoms with Crippen LogP contribution >= 0.6 is 31.9 Å². The topological polar surface area (TPSA) is 54.6 Å². The highest BCUT2D eigenvalue weighted by molar-refractivity contribution is 9.13. The Morgan fingerprint density at radius 2 is 2.16 bits per heavy atom. The van der Waals surface area contributed by atoms with Gasteiger partial charge in [-0.15, -0.1) is 0 Å². The van der Waals surface area contributed by atoms with E-state index in [0.29, 0.717) is 10.4 Å². The van der Waals surface area contributed by atoms with Gasteiger partial charge in [-0.2, -0.15) is 5.10 Å². The maximum absolute atomic E-state index is 12.9. The van der Waals surface area contributed by atoms with Crippen LogP contribution in [0.2, 0.25) is 0 Å². The Labute approximate surface area is 124 Å². The first-order valence-corrected chi connectivity index (χ1v) is 6.68. The Kier molecular flexibility index (Phi) is 4.49. The van der Waals surface area contributed by atoms with Gasteiger partial charge in [0.1, 0.15) is 11.6 Å². The molecular weight excluding hydrogens is 383 g/mol. The number of nitrogens with zero attached hydrogens (tertiary/aromatic N) is 1. The summed E-state index contributed by atoms with van der Waals surface area (Å²) in [4.78, 5) is 11.6. The molecule has 0 aliphatic heterocycles. The quantitative estimate of drug-likeness (QED) is 0.642. The molecule has 1 heterocycles. The first-order valence-electron chi connectivity index (χ1n) is 5.10. The SMILES string of the molecule is O=C(N/N=C/c1cc(Br)c(Br)o1)c1cccc(F)c1. The highest BCUT2D eigenvalue weighted by atomic mass is 79.9. The van der Waals surface area contributed by atoms with Crippen molar-refractivity contribution in [2.45, 2.75) is 0 Å². The van der Waals surface area contributed by atoms with Crippen LogP contribution in [0.15, 0.2) is 49.0 Å². The molecule has 0 fully saturated rings. The van der Waals surface area contributed by atoms with Gasteiger partial charge in [-0.05, 0) is 50.1 Å². The fraction of sp³-hybridized carbons (Fsp3) is 0. The summed E-state index contributed by atoms with van der Waals surface area (Å²) in [6.07, 6.45) is 1.34. The van der Waals surface area contributed by atoms with Gasteiger partial charge in [0, 0.05) is 11.6 Å². The van der Waals surface area contributed by atoms with Crippen LogP contribution in [0, 0.1) is 5.82 Å². The summed E-state index contributed by atoms with van der Waals surface area (Å²) in [6, 6.07) is 7.02. The Morgan fingerprint density at radius 1 is 1.37 bits per heavy atom. The second kappa shape index (κ2) is 6.12. The van der Waals surface area contributed by atoms with Crippen LogP contribution in [0.1, 0.15) is 16.1 Å². The molecule has 0 saturated carbocycles. The number of rotatable bonds is 3. The average Bonchev–Trinajstić information content (AvgIpc) is 2.68. The lowest BCUT2D eigenvalue weighted by molar-refractivity contribution is 0.0954. The average molecular weight is 390 g/mol. The third-order valence-corrected chi connectivity index (χ3v) is 3.82. The summed E-state index contributed by atoms with van der Waals surface area (Å²) in [7, 11) is 0. The van der Waals surface area contributed by atoms with E-state index in [1.54, 1.807) is 6.07 Å². The molecule has 0 unspecified atom stereocenters. The molecule has 0 spiro atoms. The van der Waals surface area contributed by atoms with Gasteiger partial charge in [0.25, 0.3) is 5.91 Å². The van der Waals surface area contributed by atoms with Gasteiger partial charge in [0.15, 0.2) is 4.67 Å². The summed E-state index contributed by atoms with van der Waals surface area (Å²) in [5.74, 6) is -0.519. The number of nitrogens with one attached hydrogen (secondary N) is 1. The van der Waals surface area contributed by atoms with Crippen LogP contribution < -0.4 is 5.43 Å². The van der Waals surface area contributed by atoms with Crippen molar-refractivity contribution in [2.24, 2.45) is 5.10 Å². The van der Waals surface area contributed by atoms with Crippen LogP contribution in [-0.4, -0.2) is 12.1 Å². The van der Waals surface area contributed by atoms with Gasteiger partial charge >= 0.3 is 0 Å². The van der Waals surface area contributed by atoms with Crippen LogP contribution in [0.4, 0.5) is 4.39 Å². The van der Waals surface area contributed by atoms with E-state index in [9.17, 15) is 9.18 Å². The molecule has 0 bridgehead atoms. The number of carbonyl (C=O) groups excluding carboxylic acids is 1. The van der Waals surface area contributed by atoms with E-state index in [4.69, 9.17) is 4.42 Å². The highest BCUT2D eigenvalue weighted by Crippen LogP contribution is 2.25. The summed E-state index contributed by atoms with van der Waals surface area (Å²) in [5, 5.41) is 3.72. The van der Waals surface area contributed by atoms with E-state index in [0.717, 1.165) is 10.5 Å². The van der Waals surface area contributed by atoms with Gasteiger partial charge in [-0.25, -0.2) is 9.82 Å². The minimum Gasteiger partial charge on any atom is -0.447 e. The zero-order chi connectivity index (χ0) is 13.8. The first kappa shape index (κ1) is 14.0. The number of halogens is 3. The van der Waals surface area contributed by atoms with E-state index in [1.807, 2.05) is 0 Å². The van der Waals surface area contributed by atoms with Crippen LogP contribution in [0.3, 0.4) is 0 Å². The fourth-order valence-corrected chi connectivity index (χ4v) is 1.88. The Morgan fingerprint density at radius 3 is 2.79 bits per heavy atom. The molecule has 0 radical (unpaired) electrons. The van der Waals surface area contributed by atoms with Crippen LogP contribution in [0.5, 0.6) is 0 Å². The van der Waals surface area contributed by atoms with E-state index < -0.39 is 11.7 Å². The maximum atomic E-state index is 12.9. The second-order valence-corrected chi connectivity index (χ2v) is 5.05. The van der Waals surface area contributed by atoms with E-state index in [1.165, 1.54) is 24.4 Å². The largest absolute Gasteiger partial charge is 0.447 e. The molecule has 0 saturated heterocycles. The fourth-order valence-electron chi connectivity index (χ4n) is 1.28. The summed E-state index contributed by atoms with van der Waals surface area (Å²) < 4.78 is 19.4. The number of carbonyl (C=O) groups is 1. The molecule has 1 aromatic heterocycles. The molecule has 2 aromatic rings. The molecule has 0 aliphatic carbocycles. The molecular formula is C12H7Br2FN2O2. The van der Waals surface area contributed by atoms with Crippen molar-refractivity contribution in [3.63, 3.8) is 0 Å². The van der Waals surface area contributed by atoms with Crippen molar-refractivity contribution >= 4 is 44.0 Å². The first-order chi connectivity index (χ1) is 9.06. The van der Waals surface area contributed by atoms with E-state index >= 15 is 0 Å². The van der Waals surface area contributed by atoms with Crippen molar-refractivity contribution in [3.8, 4) is 0 Å². The van der Waals surface area contributed by atoms with Crippen molar-refractivity contribution in [1.29, 1.82) is 0 Å². The van der Waals surface area contributed by atoms with Crippen molar-refractivity contribution in [1.82, 2.24) is 5.43 Å². The summed E-state index contributed by atoms with van der Waals surface area (Å²) in [6.45, 7) is 0. The van der Waals surface area contributed by atoms with Crippen molar-refractivity contribution in [2.75, 3.05) is 0 Å². The zero-order valence-electron chi connectivity index (χ0n) is 9.36. The van der Waals surface area contributed by atoms with Crippen molar-refractivity contribution in [3.05, 3.63) is 56.6 Å². The number of hydrazone groups is 1. The standard InChI is InChI=1S/C12H7Br2FN2O2/c13-10-5-9(19-11(10)14)6-16-17-12(18)7-2-1-3-8(15)4-7/h1-6H,(H,17,18)/b16-6+. The molecule has 2 rings (SSSR count). The minimum atomic E-state index is -0.500. The molecule has 4 nitrogen and oxygen atoms in total. The number of furan rings is 1. The normalized spacial score (nSPS) is 10.9. The van der Waals surface area contributed by atoms with Gasteiger partial charge in [-0.3, -0.25) is 4.79 Å². The van der Waals surface area contributed by atoms with Crippen LogP contribution in [0.25, 0.3) is 0 Å². The lowest BCUT2D eigenvalue weighted by Gasteiger charge is -1.98. The molecule has 0 aliphatic rings. The van der Waals surface area contributed by atoms with E-state index in [-0.39, 0.29) is 5.56 Å². The predicted molar refractivity (Wildman–Crippen MR) is 75.6 cm³/mol. The Balaban J connectivity index is 2.00. The highest BCUT2D eigenvalue weighted by Gasteiger charge is 2.06. The zero-order valence-corrected chi connectivity index (χ0v) is 12.5. The number of hydrogen-bond acceptors (Lipinski definition) is 3. The summed E-state index contributed by atoms with van der Waals surface area (Å²) >= 11 is 6.43. The molecule has 19 heavy (non-hydrogen) atoms. The van der Waals surface area contributed by atoms with Gasteiger partial charge < -0.3 is 4.42 Å². The molecule has 98 valence electrons. The predicted octanol–water partition coefficient (Wildman–Crippen LogP) is 3.71. The molecule has 1 aromatic carbocycles. The molecule has 7 heteroatoms. The lowest BCUT2D eigenvalue weighted by atomic mass is 10.2. The monoisotopic (exact) mass is 388 g/mol. The molecule has 0 atom stereocenters. The van der Waals surface area contributed by atoms with E-state index in [2.05, 4.69) is 42.4 Å². The van der Waals surface area contributed by atoms with Gasteiger partial charge in [0.2, 0.25) is 0 Å². The molecule has 1 amide bonds. The maximum Gasteiger partial charge on any atom is 0.271 e. The van der Waals surface area contributed by atoms with Gasteiger partial charge in [0.05, 0.1) is 10.7 Å². The number of hydrogen-bond donors (Lipinski definition) is 1. The minimum absolute atomic E-state index is 0.193. The van der Waals surface area contributed by atoms with Crippen molar-refractivity contribution < 1.29 is 13.6 Å². The smallest absolute Gasteiger partial charge is 0.271 e. The third-order valence-electron chi connectivity index (χ3n) is 2.11. The number of benzene rings is 1. The summed E-state index contributed by atoms with van der Waals surface area (Å²) in [5.41, 5.74) is 2.47. The third kappa shape index (κ3) is 3.74. The second-order valence-electron chi connectivity index (χ2n) is 3.48. The van der Waals surface area contributed by atoms with Gasteiger partial charge in [-0.1, -0.05) is 6.07 Å². The van der Waals surface area contributed by atoms with Crippen LogP contribution in [-0.2, 0) is 0 Å². The number of amides is 1. The Hall–Kier alpha value is -1.47. The molecule has 1 N–H and O–H groups in total.